The third kappa shape index (κ3) is 3.22. The van der Waals surface area contributed by atoms with E-state index in [2.05, 4.69) is 22.6 Å². The zero-order valence-corrected chi connectivity index (χ0v) is 9.19. The van der Waals surface area contributed by atoms with Crippen LogP contribution in [-0.2, 0) is 4.79 Å². The number of carbonyl (C=O) groups is 1. The van der Waals surface area contributed by atoms with Gasteiger partial charge in [-0.15, -0.1) is 0 Å². The molecular formula is C9H9IO3. The number of rotatable bonds is 3. The lowest BCUT2D eigenvalue weighted by Crippen LogP contribution is -2.22. The van der Waals surface area contributed by atoms with Gasteiger partial charge in [0.05, 0.1) is 0 Å². The highest BCUT2D eigenvalue weighted by molar-refractivity contribution is 14.1. The van der Waals surface area contributed by atoms with Gasteiger partial charge in [-0.2, -0.15) is 0 Å². The van der Waals surface area contributed by atoms with Gasteiger partial charge in [-0.3, -0.25) is 0 Å². The van der Waals surface area contributed by atoms with Gasteiger partial charge in [0.1, 0.15) is 5.75 Å². The summed E-state index contributed by atoms with van der Waals surface area (Å²) in [7, 11) is 0. The number of benzene rings is 1. The van der Waals surface area contributed by atoms with E-state index in [4.69, 9.17) is 9.84 Å². The van der Waals surface area contributed by atoms with Crippen molar-refractivity contribution < 1.29 is 14.6 Å². The number of ether oxygens (including phenoxy) is 1. The van der Waals surface area contributed by atoms with Crippen LogP contribution in [0.15, 0.2) is 24.3 Å². The van der Waals surface area contributed by atoms with Crippen molar-refractivity contribution >= 4 is 28.6 Å². The highest BCUT2D eigenvalue weighted by Gasteiger charge is 2.11. The Labute approximate surface area is 89.9 Å². The van der Waals surface area contributed by atoms with Crippen LogP contribution in [0.3, 0.4) is 0 Å². The second kappa shape index (κ2) is 4.45. The molecule has 0 heterocycles. The molecule has 0 saturated heterocycles. The van der Waals surface area contributed by atoms with E-state index in [1.54, 1.807) is 12.1 Å². The third-order valence-electron chi connectivity index (χ3n) is 1.47. The van der Waals surface area contributed by atoms with E-state index in [9.17, 15) is 4.79 Å². The van der Waals surface area contributed by atoms with E-state index in [-0.39, 0.29) is 0 Å². The quantitative estimate of drug-likeness (QED) is 0.868. The molecule has 0 aromatic heterocycles. The maximum absolute atomic E-state index is 10.4. The van der Waals surface area contributed by atoms with Crippen LogP contribution in [0.1, 0.15) is 6.92 Å². The number of carboxylic acid groups (broad SMARTS) is 1. The van der Waals surface area contributed by atoms with Crippen molar-refractivity contribution in [3.63, 3.8) is 0 Å². The first-order valence-corrected chi connectivity index (χ1v) is 4.82. The van der Waals surface area contributed by atoms with E-state index >= 15 is 0 Å². The van der Waals surface area contributed by atoms with E-state index in [0.717, 1.165) is 3.57 Å². The van der Waals surface area contributed by atoms with Gasteiger partial charge in [0.15, 0.2) is 6.10 Å². The smallest absolute Gasteiger partial charge is 0.344 e. The van der Waals surface area contributed by atoms with Crippen molar-refractivity contribution in [2.24, 2.45) is 0 Å². The fraction of sp³-hybridized carbons (Fsp3) is 0.222. The van der Waals surface area contributed by atoms with Gasteiger partial charge in [0, 0.05) is 3.57 Å². The summed E-state index contributed by atoms with van der Waals surface area (Å²) >= 11 is 2.17. The van der Waals surface area contributed by atoms with Crippen molar-refractivity contribution in [2.75, 3.05) is 0 Å². The Morgan fingerprint density at radius 2 is 2.00 bits per heavy atom. The summed E-state index contributed by atoms with van der Waals surface area (Å²) in [6, 6.07) is 7.23. The Morgan fingerprint density at radius 3 is 2.46 bits per heavy atom. The maximum atomic E-state index is 10.4. The van der Waals surface area contributed by atoms with Crippen LogP contribution in [0.25, 0.3) is 0 Å². The summed E-state index contributed by atoms with van der Waals surface area (Å²) in [5, 5.41) is 8.57. The molecule has 0 radical (unpaired) electrons. The molecule has 0 saturated carbocycles. The maximum Gasteiger partial charge on any atom is 0.344 e. The highest BCUT2D eigenvalue weighted by atomic mass is 127. The minimum absolute atomic E-state index is 0.579. The lowest BCUT2D eigenvalue weighted by atomic mass is 10.3. The lowest BCUT2D eigenvalue weighted by molar-refractivity contribution is -0.144. The van der Waals surface area contributed by atoms with E-state index < -0.39 is 12.1 Å². The van der Waals surface area contributed by atoms with Crippen LogP contribution in [0.5, 0.6) is 5.75 Å². The molecule has 0 fully saturated rings. The first-order chi connectivity index (χ1) is 6.09. The molecule has 0 aliphatic carbocycles. The first kappa shape index (κ1) is 10.3. The summed E-state index contributed by atoms with van der Waals surface area (Å²) in [5.41, 5.74) is 0. The Morgan fingerprint density at radius 1 is 1.46 bits per heavy atom. The number of aliphatic carboxylic acids is 1. The molecule has 3 nitrogen and oxygen atoms in total. The molecule has 1 N–H and O–H groups in total. The third-order valence-corrected chi connectivity index (χ3v) is 2.19. The van der Waals surface area contributed by atoms with Gasteiger partial charge in [-0.25, -0.2) is 4.79 Å². The normalized spacial score (nSPS) is 12.2. The molecule has 4 heteroatoms. The molecule has 1 atom stereocenters. The van der Waals surface area contributed by atoms with Crippen molar-refractivity contribution in [2.45, 2.75) is 13.0 Å². The average molecular weight is 292 g/mol. The highest BCUT2D eigenvalue weighted by Crippen LogP contribution is 2.14. The molecule has 1 aromatic carbocycles. The topological polar surface area (TPSA) is 46.5 Å². The zero-order valence-electron chi connectivity index (χ0n) is 7.03. The van der Waals surface area contributed by atoms with Gasteiger partial charge in [-0.05, 0) is 53.8 Å². The van der Waals surface area contributed by atoms with E-state index in [0.29, 0.717) is 5.75 Å². The predicted molar refractivity (Wildman–Crippen MR) is 56.9 cm³/mol. The van der Waals surface area contributed by atoms with Crippen LogP contribution >= 0.6 is 22.6 Å². The number of hydrogen-bond acceptors (Lipinski definition) is 2. The second-order valence-corrected chi connectivity index (χ2v) is 3.80. The predicted octanol–water partition coefficient (Wildman–Crippen LogP) is 2.14. The molecular weight excluding hydrogens is 283 g/mol. The molecule has 0 amide bonds. The SMILES string of the molecule is C[C@@H](Oc1ccc(I)cc1)C(=O)O. The Bertz CT molecular complexity index is 294. The lowest BCUT2D eigenvalue weighted by Gasteiger charge is -2.09. The standard InChI is InChI=1S/C9H9IO3/c1-6(9(11)12)13-8-4-2-7(10)3-5-8/h2-6H,1H3,(H,11,12)/t6-/m1/s1. The van der Waals surface area contributed by atoms with E-state index in [1.807, 2.05) is 12.1 Å². The van der Waals surface area contributed by atoms with Crippen LogP contribution in [-0.4, -0.2) is 17.2 Å². The van der Waals surface area contributed by atoms with Crippen molar-refractivity contribution in [1.29, 1.82) is 0 Å². The molecule has 70 valence electrons. The monoisotopic (exact) mass is 292 g/mol. The van der Waals surface area contributed by atoms with Crippen LogP contribution in [0.4, 0.5) is 0 Å². The molecule has 1 rings (SSSR count). The van der Waals surface area contributed by atoms with Gasteiger partial charge in [-0.1, -0.05) is 0 Å². The van der Waals surface area contributed by atoms with Crippen LogP contribution in [0, 0.1) is 3.57 Å². The van der Waals surface area contributed by atoms with Crippen molar-refractivity contribution in [3.05, 3.63) is 27.8 Å². The first-order valence-electron chi connectivity index (χ1n) is 3.74. The van der Waals surface area contributed by atoms with E-state index in [1.165, 1.54) is 6.92 Å². The number of halogens is 1. The molecule has 0 spiro atoms. The fourth-order valence-corrected chi connectivity index (χ4v) is 1.13. The molecule has 13 heavy (non-hydrogen) atoms. The minimum Gasteiger partial charge on any atom is -0.479 e. The zero-order chi connectivity index (χ0) is 9.84. The summed E-state index contributed by atoms with van der Waals surface area (Å²) in [6.07, 6.45) is -0.805. The van der Waals surface area contributed by atoms with Crippen molar-refractivity contribution in [1.82, 2.24) is 0 Å². The number of carboxylic acids is 1. The Balaban J connectivity index is 2.64. The fourth-order valence-electron chi connectivity index (χ4n) is 0.768. The summed E-state index contributed by atoms with van der Waals surface area (Å²) in [5.74, 6) is -0.381. The summed E-state index contributed by atoms with van der Waals surface area (Å²) < 4.78 is 6.22. The summed E-state index contributed by atoms with van der Waals surface area (Å²) in [4.78, 5) is 10.4. The summed E-state index contributed by atoms with van der Waals surface area (Å²) in [6.45, 7) is 1.50. The molecule has 0 unspecified atom stereocenters. The molecule has 1 aromatic rings. The number of hydrogen-bond donors (Lipinski definition) is 1. The van der Waals surface area contributed by atoms with Gasteiger partial charge in [0.25, 0.3) is 0 Å². The van der Waals surface area contributed by atoms with Gasteiger partial charge < -0.3 is 9.84 Å². The molecule has 0 aliphatic heterocycles. The molecule has 0 aliphatic rings. The van der Waals surface area contributed by atoms with Crippen LogP contribution < -0.4 is 4.74 Å². The Hall–Kier alpha value is -0.780. The van der Waals surface area contributed by atoms with Gasteiger partial charge >= 0.3 is 5.97 Å². The minimum atomic E-state index is -0.960. The van der Waals surface area contributed by atoms with Crippen molar-refractivity contribution in [3.8, 4) is 5.75 Å². The second-order valence-electron chi connectivity index (χ2n) is 2.55. The largest absolute Gasteiger partial charge is 0.479 e. The van der Waals surface area contributed by atoms with Crippen LogP contribution in [0.2, 0.25) is 0 Å². The average Bonchev–Trinajstić information content (AvgIpc) is 2.08. The molecule has 0 bridgehead atoms. The van der Waals surface area contributed by atoms with Gasteiger partial charge in [0.2, 0.25) is 0 Å². The Kier molecular flexibility index (Phi) is 3.53.